The van der Waals surface area contributed by atoms with Gasteiger partial charge >= 0.3 is 0 Å². The summed E-state index contributed by atoms with van der Waals surface area (Å²) in [6.45, 7) is 2.26. The predicted octanol–water partition coefficient (Wildman–Crippen LogP) is 2.38. The van der Waals surface area contributed by atoms with Gasteiger partial charge in [0.15, 0.2) is 0 Å². The van der Waals surface area contributed by atoms with Crippen LogP contribution in [0.4, 0.5) is 0 Å². The first kappa shape index (κ1) is 23.5. The number of carbonyl (C=O) groups excluding carboxylic acids is 4. The first-order chi connectivity index (χ1) is 16.5. The Labute approximate surface area is 199 Å². The standard InChI is InChI=1S/C26H29N3O5/c1-34-20-11-8-19(9-12-20)10-13-24(31)28-17-15-27(16-18-28)23(30)7-4-14-29-25(32)21-5-2-3-6-22(21)26(29)33/h2-3,5-6,8-9,11-12H,4,7,10,13-18H2,1H3. The van der Waals surface area contributed by atoms with Gasteiger partial charge in [-0.3, -0.25) is 24.1 Å². The second-order valence-corrected chi connectivity index (χ2v) is 8.52. The number of nitrogens with zero attached hydrogens (tertiary/aromatic N) is 3. The van der Waals surface area contributed by atoms with Gasteiger partial charge in [0.05, 0.1) is 18.2 Å². The summed E-state index contributed by atoms with van der Waals surface area (Å²) in [5.41, 5.74) is 1.93. The largest absolute Gasteiger partial charge is 0.497 e. The molecule has 2 aliphatic heterocycles. The van der Waals surface area contributed by atoms with E-state index in [2.05, 4.69) is 0 Å². The van der Waals surface area contributed by atoms with Gasteiger partial charge in [-0.25, -0.2) is 0 Å². The van der Waals surface area contributed by atoms with Crippen LogP contribution < -0.4 is 4.74 Å². The molecule has 1 saturated heterocycles. The highest BCUT2D eigenvalue weighted by atomic mass is 16.5. The van der Waals surface area contributed by atoms with E-state index in [1.54, 1.807) is 36.3 Å². The van der Waals surface area contributed by atoms with Crippen LogP contribution in [-0.4, -0.2) is 78.2 Å². The third-order valence-corrected chi connectivity index (χ3v) is 6.42. The molecule has 4 amide bonds. The molecule has 2 aromatic carbocycles. The molecule has 0 aromatic heterocycles. The Morgan fingerprint density at radius 3 is 1.85 bits per heavy atom. The van der Waals surface area contributed by atoms with Gasteiger partial charge in [0.2, 0.25) is 11.8 Å². The lowest BCUT2D eigenvalue weighted by Crippen LogP contribution is -2.50. The summed E-state index contributed by atoms with van der Waals surface area (Å²) in [4.78, 5) is 54.8. The average molecular weight is 464 g/mol. The Balaban J connectivity index is 1.17. The van der Waals surface area contributed by atoms with Gasteiger partial charge in [-0.05, 0) is 42.7 Å². The molecule has 0 bridgehead atoms. The summed E-state index contributed by atoms with van der Waals surface area (Å²) in [6, 6.07) is 14.5. The van der Waals surface area contributed by atoms with Crippen LogP contribution in [0.1, 0.15) is 45.5 Å². The van der Waals surface area contributed by atoms with E-state index in [-0.39, 0.29) is 36.6 Å². The molecule has 2 aliphatic rings. The smallest absolute Gasteiger partial charge is 0.261 e. The Bertz CT molecular complexity index is 1040. The van der Waals surface area contributed by atoms with E-state index in [0.717, 1.165) is 11.3 Å². The highest BCUT2D eigenvalue weighted by molar-refractivity contribution is 6.21. The monoisotopic (exact) mass is 463 g/mol. The van der Waals surface area contributed by atoms with Crippen molar-refractivity contribution in [1.29, 1.82) is 0 Å². The molecule has 0 unspecified atom stereocenters. The Kier molecular flexibility index (Phi) is 7.25. The van der Waals surface area contributed by atoms with E-state index < -0.39 is 0 Å². The number of aryl methyl sites for hydroxylation is 1. The van der Waals surface area contributed by atoms with Crippen molar-refractivity contribution in [3.05, 3.63) is 65.2 Å². The van der Waals surface area contributed by atoms with E-state index >= 15 is 0 Å². The molecule has 0 radical (unpaired) electrons. The quantitative estimate of drug-likeness (QED) is 0.561. The van der Waals surface area contributed by atoms with Gasteiger partial charge in [0.1, 0.15) is 5.75 Å². The molecule has 2 aromatic rings. The van der Waals surface area contributed by atoms with Gasteiger partial charge in [-0.1, -0.05) is 24.3 Å². The lowest BCUT2D eigenvalue weighted by molar-refractivity contribution is -0.139. The molecule has 1 fully saturated rings. The van der Waals surface area contributed by atoms with Crippen molar-refractivity contribution in [2.75, 3.05) is 39.8 Å². The molecule has 4 rings (SSSR count). The van der Waals surface area contributed by atoms with Crippen molar-refractivity contribution in [2.24, 2.45) is 0 Å². The molecule has 0 atom stereocenters. The van der Waals surface area contributed by atoms with Crippen molar-refractivity contribution in [3.63, 3.8) is 0 Å². The van der Waals surface area contributed by atoms with E-state index in [4.69, 9.17) is 4.74 Å². The SMILES string of the molecule is COc1ccc(CCC(=O)N2CCN(C(=O)CCCN3C(=O)c4ccccc4C3=O)CC2)cc1. The van der Waals surface area contributed by atoms with Crippen molar-refractivity contribution < 1.29 is 23.9 Å². The predicted molar refractivity (Wildman–Crippen MR) is 126 cm³/mol. The maximum absolute atomic E-state index is 12.6. The number of carbonyl (C=O) groups is 4. The number of hydrogen-bond donors (Lipinski definition) is 0. The van der Waals surface area contributed by atoms with Crippen LogP contribution in [0.5, 0.6) is 5.75 Å². The van der Waals surface area contributed by atoms with E-state index in [1.165, 1.54) is 4.90 Å². The minimum absolute atomic E-state index is 0.0121. The summed E-state index contributed by atoms with van der Waals surface area (Å²) >= 11 is 0. The van der Waals surface area contributed by atoms with Gasteiger partial charge in [0, 0.05) is 45.6 Å². The highest BCUT2D eigenvalue weighted by Crippen LogP contribution is 2.23. The molecule has 34 heavy (non-hydrogen) atoms. The van der Waals surface area contributed by atoms with Crippen molar-refractivity contribution in [2.45, 2.75) is 25.7 Å². The first-order valence-electron chi connectivity index (χ1n) is 11.6. The molecule has 0 spiro atoms. The first-order valence-corrected chi connectivity index (χ1v) is 11.6. The lowest BCUT2D eigenvalue weighted by Gasteiger charge is -2.35. The van der Waals surface area contributed by atoms with Crippen LogP contribution >= 0.6 is 0 Å². The molecule has 8 nitrogen and oxygen atoms in total. The number of methoxy groups -OCH3 is 1. The van der Waals surface area contributed by atoms with Gasteiger partial charge < -0.3 is 14.5 Å². The summed E-state index contributed by atoms with van der Waals surface area (Å²) in [7, 11) is 1.62. The Morgan fingerprint density at radius 1 is 0.794 bits per heavy atom. The lowest BCUT2D eigenvalue weighted by atomic mass is 10.1. The van der Waals surface area contributed by atoms with E-state index in [0.29, 0.717) is 56.6 Å². The Morgan fingerprint density at radius 2 is 1.32 bits per heavy atom. The molecular formula is C26H29N3O5. The minimum Gasteiger partial charge on any atom is -0.497 e. The second kappa shape index (κ2) is 10.5. The second-order valence-electron chi connectivity index (χ2n) is 8.52. The Hall–Kier alpha value is -3.68. The van der Waals surface area contributed by atoms with Crippen molar-refractivity contribution in [3.8, 4) is 5.75 Å². The van der Waals surface area contributed by atoms with E-state index in [9.17, 15) is 19.2 Å². The van der Waals surface area contributed by atoms with Crippen LogP contribution in [-0.2, 0) is 16.0 Å². The fraction of sp³-hybridized carbons (Fsp3) is 0.385. The number of rotatable bonds is 8. The molecular weight excluding hydrogens is 434 g/mol. The van der Waals surface area contributed by atoms with Crippen LogP contribution in [0.15, 0.2) is 48.5 Å². The maximum Gasteiger partial charge on any atom is 0.261 e. The number of hydrogen-bond acceptors (Lipinski definition) is 5. The molecule has 0 N–H and O–H groups in total. The summed E-state index contributed by atoms with van der Waals surface area (Å²) in [5.74, 6) is 0.278. The number of benzene rings is 2. The van der Waals surface area contributed by atoms with Crippen LogP contribution in [0.2, 0.25) is 0 Å². The highest BCUT2D eigenvalue weighted by Gasteiger charge is 2.34. The average Bonchev–Trinajstić information content (AvgIpc) is 3.12. The zero-order chi connectivity index (χ0) is 24.1. The number of ether oxygens (including phenoxy) is 1. The van der Waals surface area contributed by atoms with Crippen molar-refractivity contribution in [1.82, 2.24) is 14.7 Å². The maximum atomic E-state index is 12.6. The molecule has 0 aliphatic carbocycles. The molecule has 2 heterocycles. The minimum atomic E-state index is -0.296. The number of fused-ring (bicyclic) bond motifs is 1. The van der Waals surface area contributed by atoms with Crippen LogP contribution in [0.3, 0.4) is 0 Å². The zero-order valence-electron chi connectivity index (χ0n) is 19.4. The number of piperazine rings is 1. The fourth-order valence-electron chi connectivity index (χ4n) is 4.40. The summed E-state index contributed by atoms with van der Waals surface area (Å²) in [5, 5.41) is 0. The van der Waals surface area contributed by atoms with Crippen LogP contribution in [0, 0.1) is 0 Å². The van der Waals surface area contributed by atoms with Crippen LogP contribution in [0.25, 0.3) is 0 Å². The molecule has 0 saturated carbocycles. The normalized spacial score (nSPS) is 15.5. The number of amides is 4. The topological polar surface area (TPSA) is 87.2 Å². The zero-order valence-corrected chi connectivity index (χ0v) is 19.4. The van der Waals surface area contributed by atoms with Crippen molar-refractivity contribution >= 4 is 23.6 Å². The molecule has 178 valence electrons. The van der Waals surface area contributed by atoms with Gasteiger partial charge in [0.25, 0.3) is 11.8 Å². The fourth-order valence-corrected chi connectivity index (χ4v) is 4.40. The number of imide groups is 1. The summed E-state index contributed by atoms with van der Waals surface area (Å²) in [6.07, 6.45) is 1.78. The van der Waals surface area contributed by atoms with Gasteiger partial charge in [-0.2, -0.15) is 0 Å². The van der Waals surface area contributed by atoms with Gasteiger partial charge in [-0.15, -0.1) is 0 Å². The summed E-state index contributed by atoms with van der Waals surface area (Å²) < 4.78 is 5.15. The third kappa shape index (κ3) is 5.11. The van der Waals surface area contributed by atoms with E-state index in [1.807, 2.05) is 29.2 Å². The third-order valence-electron chi connectivity index (χ3n) is 6.42. The molecule has 8 heteroatoms.